The van der Waals surface area contributed by atoms with Crippen LogP contribution in [-0.4, -0.2) is 24.8 Å². The molecule has 0 saturated carbocycles. The van der Waals surface area contributed by atoms with Crippen LogP contribution in [0.25, 0.3) is 0 Å². The number of nitrogens with one attached hydrogen (secondary N) is 3. The number of aryl methyl sites for hydroxylation is 1. The van der Waals surface area contributed by atoms with Gasteiger partial charge in [0.2, 0.25) is 0 Å². The molecule has 0 aromatic heterocycles. The summed E-state index contributed by atoms with van der Waals surface area (Å²) in [5.41, 5.74) is 9.54. The average Bonchev–Trinajstić information content (AvgIpc) is 2.79. The number of amidine groups is 1. The van der Waals surface area contributed by atoms with Gasteiger partial charge in [0.1, 0.15) is 11.9 Å². The van der Waals surface area contributed by atoms with Gasteiger partial charge in [-0.25, -0.2) is 4.79 Å². The summed E-state index contributed by atoms with van der Waals surface area (Å²) < 4.78 is 0. The first-order valence-electron chi connectivity index (χ1n) is 9.79. The van der Waals surface area contributed by atoms with Crippen molar-refractivity contribution in [3.8, 4) is 0 Å². The molecule has 7 nitrogen and oxygen atoms in total. The lowest BCUT2D eigenvalue weighted by molar-refractivity contribution is -0.118. The summed E-state index contributed by atoms with van der Waals surface area (Å²) in [5.74, 6) is 0.0459. The van der Waals surface area contributed by atoms with E-state index in [1.54, 1.807) is 55.6 Å². The van der Waals surface area contributed by atoms with Crippen molar-refractivity contribution in [3.05, 3.63) is 95.6 Å². The predicted octanol–water partition coefficient (Wildman–Crippen LogP) is 3.83. The van der Waals surface area contributed by atoms with Crippen molar-refractivity contribution in [1.29, 1.82) is 0 Å². The molecular weight excluding hydrogens is 390 g/mol. The zero-order valence-corrected chi connectivity index (χ0v) is 17.4. The van der Waals surface area contributed by atoms with Gasteiger partial charge in [-0.05, 0) is 48.9 Å². The number of rotatable bonds is 6. The maximum Gasteiger partial charge on any atom is 0.320 e. The zero-order valence-electron chi connectivity index (χ0n) is 17.4. The Morgan fingerprint density at radius 2 is 1.42 bits per heavy atom. The second-order valence-corrected chi connectivity index (χ2v) is 6.98. The van der Waals surface area contributed by atoms with Gasteiger partial charge in [-0.3, -0.25) is 9.79 Å². The van der Waals surface area contributed by atoms with E-state index in [2.05, 4.69) is 20.9 Å². The molecule has 7 heteroatoms. The average molecular weight is 415 g/mol. The third-order valence-corrected chi connectivity index (χ3v) is 4.67. The Bertz CT molecular complexity index is 1060. The van der Waals surface area contributed by atoms with Crippen LogP contribution in [0.4, 0.5) is 16.2 Å². The number of nitrogens with two attached hydrogens (primary N) is 1. The normalized spacial score (nSPS) is 12.0. The van der Waals surface area contributed by atoms with E-state index >= 15 is 0 Å². The van der Waals surface area contributed by atoms with E-state index < -0.39 is 12.1 Å². The molecule has 3 amide bonds. The Labute approximate surface area is 181 Å². The van der Waals surface area contributed by atoms with Gasteiger partial charge in [0.05, 0.1) is 0 Å². The molecule has 31 heavy (non-hydrogen) atoms. The largest absolute Gasteiger partial charge is 0.384 e. The summed E-state index contributed by atoms with van der Waals surface area (Å²) in [6.45, 7) is 1.97. The van der Waals surface area contributed by atoms with Crippen LogP contribution in [0.15, 0.2) is 83.9 Å². The number of aliphatic imine (C=N–C) groups is 1. The molecule has 5 N–H and O–H groups in total. The van der Waals surface area contributed by atoms with E-state index in [1.807, 2.05) is 37.3 Å². The fourth-order valence-electron chi connectivity index (χ4n) is 2.95. The molecule has 0 radical (unpaired) electrons. The smallest absolute Gasteiger partial charge is 0.320 e. The highest BCUT2D eigenvalue weighted by Crippen LogP contribution is 2.18. The molecule has 158 valence electrons. The van der Waals surface area contributed by atoms with Crippen LogP contribution in [0.5, 0.6) is 0 Å². The van der Waals surface area contributed by atoms with E-state index in [0.717, 1.165) is 11.1 Å². The Balaban J connectivity index is 1.74. The number of hydrogen-bond acceptors (Lipinski definition) is 3. The Hall–Kier alpha value is -4.13. The number of urea groups is 1. The Morgan fingerprint density at radius 3 is 2.03 bits per heavy atom. The van der Waals surface area contributed by atoms with Gasteiger partial charge in [0.25, 0.3) is 5.91 Å². The lowest BCUT2D eigenvalue weighted by Gasteiger charge is -2.19. The number of carbonyl (C=O) groups is 2. The predicted molar refractivity (Wildman–Crippen MR) is 124 cm³/mol. The van der Waals surface area contributed by atoms with Gasteiger partial charge < -0.3 is 21.7 Å². The third kappa shape index (κ3) is 5.93. The van der Waals surface area contributed by atoms with E-state index in [9.17, 15) is 9.59 Å². The minimum Gasteiger partial charge on any atom is -0.384 e. The molecule has 3 aromatic carbocycles. The van der Waals surface area contributed by atoms with Crippen LogP contribution >= 0.6 is 0 Å². The van der Waals surface area contributed by atoms with Crippen LogP contribution in [0.1, 0.15) is 22.7 Å². The molecule has 0 aliphatic heterocycles. The van der Waals surface area contributed by atoms with Gasteiger partial charge in [-0.2, -0.15) is 0 Å². The third-order valence-electron chi connectivity index (χ3n) is 4.67. The SMILES string of the molecule is CN=C(N)c1ccc(NC(=O)C(NC(=O)Nc2ccc(C)cc2)c2ccccc2)cc1. The van der Waals surface area contributed by atoms with Gasteiger partial charge in [0.15, 0.2) is 0 Å². The van der Waals surface area contributed by atoms with E-state index in [0.29, 0.717) is 22.8 Å². The van der Waals surface area contributed by atoms with Crippen molar-refractivity contribution in [2.75, 3.05) is 17.7 Å². The highest BCUT2D eigenvalue weighted by atomic mass is 16.2. The summed E-state index contributed by atoms with van der Waals surface area (Å²) >= 11 is 0. The standard InChI is InChI=1S/C24H25N5O2/c1-16-8-12-20(13-9-16)28-24(31)29-21(17-6-4-3-5-7-17)23(30)27-19-14-10-18(11-15-19)22(25)26-2/h3-15,21H,1-2H3,(H2,25,26)(H,27,30)(H2,28,29,31). The van der Waals surface area contributed by atoms with Crippen molar-refractivity contribution in [2.24, 2.45) is 10.7 Å². The van der Waals surface area contributed by atoms with Crippen molar-refractivity contribution in [1.82, 2.24) is 5.32 Å². The Kier molecular flexibility index (Phi) is 7.01. The summed E-state index contributed by atoms with van der Waals surface area (Å²) in [7, 11) is 1.61. The molecule has 3 rings (SSSR count). The summed E-state index contributed by atoms with van der Waals surface area (Å²) in [4.78, 5) is 29.5. The molecule has 1 unspecified atom stereocenters. The van der Waals surface area contributed by atoms with Crippen LogP contribution in [-0.2, 0) is 4.79 Å². The molecular formula is C24H25N5O2. The van der Waals surface area contributed by atoms with Crippen molar-refractivity contribution in [2.45, 2.75) is 13.0 Å². The molecule has 0 bridgehead atoms. The maximum atomic E-state index is 13.0. The molecule has 0 heterocycles. The zero-order chi connectivity index (χ0) is 22.2. The van der Waals surface area contributed by atoms with E-state index in [4.69, 9.17) is 5.73 Å². The fraction of sp³-hybridized carbons (Fsp3) is 0.125. The highest BCUT2D eigenvalue weighted by Gasteiger charge is 2.23. The molecule has 0 fully saturated rings. The lowest BCUT2D eigenvalue weighted by Crippen LogP contribution is -2.39. The minimum absolute atomic E-state index is 0.366. The van der Waals surface area contributed by atoms with Crippen molar-refractivity contribution in [3.63, 3.8) is 0 Å². The number of amides is 3. The number of benzene rings is 3. The van der Waals surface area contributed by atoms with Gasteiger partial charge in [-0.1, -0.05) is 48.0 Å². The second kappa shape index (κ2) is 10.1. The number of carbonyl (C=O) groups excluding carboxylic acids is 2. The first-order chi connectivity index (χ1) is 15.0. The molecule has 0 aliphatic rings. The fourth-order valence-corrected chi connectivity index (χ4v) is 2.95. The molecule has 0 saturated heterocycles. The number of anilines is 2. The van der Waals surface area contributed by atoms with Crippen LogP contribution in [0, 0.1) is 6.92 Å². The van der Waals surface area contributed by atoms with Crippen LogP contribution in [0.3, 0.4) is 0 Å². The topological polar surface area (TPSA) is 109 Å². The quantitative estimate of drug-likeness (QED) is 0.363. The summed E-state index contributed by atoms with van der Waals surface area (Å²) in [6, 6.07) is 22.1. The number of hydrogen-bond donors (Lipinski definition) is 4. The summed E-state index contributed by atoms with van der Waals surface area (Å²) in [5, 5.41) is 8.35. The van der Waals surface area contributed by atoms with E-state index in [-0.39, 0.29) is 5.91 Å². The van der Waals surface area contributed by atoms with Crippen LogP contribution < -0.4 is 21.7 Å². The van der Waals surface area contributed by atoms with Gasteiger partial charge >= 0.3 is 6.03 Å². The lowest BCUT2D eigenvalue weighted by atomic mass is 10.1. The molecule has 0 spiro atoms. The first-order valence-corrected chi connectivity index (χ1v) is 9.79. The molecule has 0 aliphatic carbocycles. The van der Waals surface area contributed by atoms with Crippen LogP contribution in [0.2, 0.25) is 0 Å². The monoisotopic (exact) mass is 415 g/mol. The molecule has 3 aromatic rings. The second-order valence-electron chi connectivity index (χ2n) is 6.98. The molecule has 1 atom stereocenters. The summed E-state index contributed by atoms with van der Waals surface area (Å²) in [6.07, 6.45) is 0. The van der Waals surface area contributed by atoms with Crippen molar-refractivity contribution < 1.29 is 9.59 Å². The highest BCUT2D eigenvalue weighted by molar-refractivity contribution is 6.01. The van der Waals surface area contributed by atoms with E-state index in [1.165, 1.54) is 0 Å². The minimum atomic E-state index is -0.881. The Morgan fingerprint density at radius 1 is 0.839 bits per heavy atom. The van der Waals surface area contributed by atoms with Gasteiger partial charge in [0, 0.05) is 24.0 Å². The van der Waals surface area contributed by atoms with Crippen molar-refractivity contribution >= 4 is 29.1 Å². The number of nitrogens with zero attached hydrogens (tertiary/aromatic N) is 1. The maximum absolute atomic E-state index is 13.0. The van der Waals surface area contributed by atoms with Gasteiger partial charge in [-0.15, -0.1) is 0 Å². The first kappa shape index (κ1) is 21.6.